The molecular weight excluding hydrogens is 207 g/mol. The Morgan fingerprint density at radius 3 is 2.14 bits per heavy atom. The van der Waals surface area contributed by atoms with E-state index < -0.39 is 14.3 Å². The molecule has 0 spiro atoms. The van der Waals surface area contributed by atoms with Crippen molar-refractivity contribution in [3.63, 3.8) is 0 Å². The van der Waals surface area contributed by atoms with Crippen molar-refractivity contribution in [1.82, 2.24) is 9.80 Å². The average molecular weight is 224 g/mol. The standard InChI is InChI=1S/C7H17N2O4P/c1-8(5-7(10)11)3-4-9(2)6-14(12)13/h12-13H,3-6H2,1-2H3,(H,10,11). The molecule has 14 heavy (non-hydrogen) atoms. The van der Waals surface area contributed by atoms with E-state index in [0.29, 0.717) is 13.1 Å². The van der Waals surface area contributed by atoms with Crippen LogP contribution in [0.2, 0.25) is 0 Å². The highest BCUT2D eigenvalue weighted by Crippen LogP contribution is 2.22. The van der Waals surface area contributed by atoms with E-state index in [0.717, 1.165) is 0 Å². The number of carboxylic acid groups (broad SMARTS) is 1. The van der Waals surface area contributed by atoms with Crippen LogP contribution in [-0.2, 0) is 4.79 Å². The molecule has 6 nitrogen and oxygen atoms in total. The largest absolute Gasteiger partial charge is 0.480 e. The summed E-state index contributed by atoms with van der Waals surface area (Å²) >= 11 is 0. The lowest BCUT2D eigenvalue weighted by molar-refractivity contribution is -0.138. The summed E-state index contributed by atoms with van der Waals surface area (Å²) in [5.41, 5.74) is 0. The number of hydrogen-bond donors (Lipinski definition) is 3. The molecule has 0 heterocycles. The Morgan fingerprint density at radius 2 is 1.71 bits per heavy atom. The minimum Gasteiger partial charge on any atom is -0.480 e. The van der Waals surface area contributed by atoms with Crippen molar-refractivity contribution in [2.75, 3.05) is 40.0 Å². The summed E-state index contributed by atoms with van der Waals surface area (Å²) < 4.78 is 0. The van der Waals surface area contributed by atoms with E-state index in [2.05, 4.69) is 0 Å². The van der Waals surface area contributed by atoms with Gasteiger partial charge in [0.05, 0.1) is 12.8 Å². The molecule has 0 unspecified atom stereocenters. The van der Waals surface area contributed by atoms with Crippen LogP contribution >= 0.6 is 8.38 Å². The SMILES string of the molecule is CN(CCN(C)CP(O)O)CC(=O)O. The van der Waals surface area contributed by atoms with Crippen molar-refractivity contribution in [2.45, 2.75) is 0 Å². The van der Waals surface area contributed by atoms with Gasteiger partial charge in [0.1, 0.15) is 0 Å². The van der Waals surface area contributed by atoms with Crippen LogP contribution in [0, 0.1) is 0 Å². The van der Waals surface area contributed by atoms with Crippen LogP contribution in [0.25, 0.3) is 0 Å². The molecule has 0 aromatic rings. The lowest BCUT2D eigenvalue weighted by atomic mass is 10.5. The van der Waals surface area contributed by atoms with E-state index in [4.69, 9.17) is 14.9 Å². The van der Waals surface area contributed by atoms with Crippen LogP contribution in [-0.4, -0.2) is 70.7 Å². The third kappa shape index (κ3) is 8.34. The zero-order valence-corrected chi connectivity index (χ0v) is 9.31. The molecule has 0 saturated carbocycles. The molecule has 0 saturated heterocycles. The summed E-state index contributed by atoms with van der Waals surface area (Å²) in [5, 5.41) is 8.46. The van der Waals surface area contributed by atoms with Crippen molar-refractivity contribution in [1.29, 1.82) is 0 Å². The van der Waals surface area contributed by atoms with E-state index in [1.54, 1.807) is 23.9 Å². The number of nitrogens with zero attached hydrogens (tertiary/aromatic N) is 2. The molecule has 0 fully saturated rings. The molecule has 0 aromatic heterocycles. The second kappa shape index (κ2) is 7.09. The molecule has 0 aliphatic heterocycles. The normalized spacial score (nSPS) is 11.6. The Kier molecular flexibility index (Phi) is 6.96. The predicted octanol–water partition coefficient (Wildman–Crippen LogP) is -0.811. The number of carboxylic acids is 1. The fraction of sp³-hybridized carbons (Fsp3) is 0.857. The first-order valence-corrected chi connectivity index (χ1v) is 5.59. The lowest BCUT2D eigenvalue weighted by Gasteiger charge is -2.20. The van der Waals surface area contributed by atoms with Gasteiger partial charge in [-0.05, 0) is 14.1 Å². The molecule has 3 N–H and O–H groups in total. The van der Waals surface area contributed by atoms with Gasteiger partial charge in [-0.15, -0.1) is 0 Å². The van der Waals surface area contributed by atoms with E-state index in [9.17, 15) is 4.79 Å². The third-order valence-corrected chi connectivity index (χ3v) is 2.37. The van der Waals surface area contributed by atoms with E-state index in [1.165, 1.54) is 0 Å². The van der Waals surface area contributed by atoms with Gasteiger partial charge < -0.3 is 14.9 Å². The highest BCUT2D eigenvalue weighted by molar-refractivity contribution is 7.44. The zero-order valence-electron chi connectivity index (χ0n) is 8.42. The Hall–Kier alpha value is -0.260. The molecule has 0 atom stereocenters. The highest BCUT2D eigenvalue weighted by atomic mass is 31.2. The van der Waals surface area contributed by atoms with Gasteiger partial charge in [0, 0.05) is 13.1 Å². The third-order valence-electron chi connectivity index (χ3n) is 1.64. The molecule has 0 aliphatic carbocycles. The van der Waals surface area contributed by atoms with Crippen LogP contribution in [0.4, 0.5) is 0 Å². The number of aliphatic carboxylic acids is 1. The van der Waals surface area contributed by atoms with Crippen LogP contribution in [0.3, 0.4) is 0 Å². The molecular formula is C7H17N2O4P. The first-order valence-electron chi connectivity index (χ1n) is 4.16. The lowest BCUT2D eigenvalue weighted by Crippen LogP contribution is -2.33. The van der Waals surface area contributed by atoms with Crippen LogP contribution in [0.5, 0.6) is 0 Å². The van der Waals surface area contributed by atoms with Gasteiger partial charge in [0.2, 0.25) is 0 Å². The first kappa shape index (κ1) is 13.7. The maximum absolute atomic E-state index is 10.3. The Morgan fingerprint density at radius 1 is 1.21 bits per heavy atom. The topological polar surface area (TPSA) is 84.2 Å². The Balaban J connectivity index is 3.55. The molecule has 0 bridgehead atoms. The fourth-order valence-corrected chi connectivity index (χ4v) is 1.51. The van der Waals surface area contributed by atoms with Crippen LogP contribution < -0.4 is 0 Å². The monoisotopic (exact) mass is 224 g/mol. The maximum atomic E-state index is 10.3. The molecule has 0 aromatic carbocycles. The Labute approximate surface area is 84.7 Å². The number of likely N-dealkylation sites (N-methyl/N-ethyl adjacent to an activating group) is 2. The smallest absolute Gasteiger partial charge is 0.317 e. The van der Waals surface area contributed by atoms with E-state index in [-0.39, 0.29) is 12.8 Å². The summed E-state index contributed by atoms with van der Waals surface area (Å²) in [7, 11) is 1.57. The van der Waals surface area contributed by atoms with Gasteiger partial charge in [-0.25, -0.2) is 0 Å². The minimum atomic E-state index is -1.90. The van der Waals surface area contributed by atoms with Gasteiger partial charge in [-0.2, -0.15) is 0 Å². The van der Waals surface area contributed by atoms with E-state index >= 15 is 0 Å². The molecule has 0 aliphatic rings. The summed E-state index contributed by atoms with van der Waals surface area (Å²) in [6.07, 6.45) is 0.232. The fourth-order valence-electron chi connectivity index (χ4n) is 0.938. The van der Waals surface area contributed by atoms with Crippen molar-refractivity contribution in [2.24, 2.45) is 0 Å². The maximum Gasteiger partial charge on any atom is 0.317 e. The second-order valence-electron chi connectivity index (χ2n) is 3.22. The van der Waals surface area contributed by atoms with Crippen molar-refractivity contribution >= 4 is 14.3 Å². The van der Waals surface area contributed by atoms with Crippen LogP contribution in [0.1, 0.15) is 0 Å². The van der Waals surface area contributed by atoms with E-state index in [1.807, 2.05) is 0 Å². The minimum absolute atomic E-state index is 0.000845. The number of carbonyl (C=O) groups is 1. The summed E-state index contributed by atoms with van der Waals surface area (Å²) in [4.78, 5) is 31.1. The molecule has 0 radical (unpaired) electrons. The number of hydrogen-bond acceptors (Lipinski definition) is 5. The van der Waals surface area contributed by atoms with Gasteiger partial charge in [-0.1, -0.05) is 0 Å². The molecule has 0 rings (SSSR count). The quantitative estimate of drug-likeness (QED) is 0.490. The second-order valence-corrected chi connectivity index (χ2v) is 4.25. The summed E-state index contributed by atoms with van der Waals surface area (Å²) in [6, 6.07) is 0. The van der Waals surface area contributed by atoms with Crippen molar-refractivity contribution in [3.05, 3.63) is 0 Å². The summed E-state index contributed by atoms with van der Waals surface area (Å²) in [6.45, 7) is 1.20. The summed E-state index contributed by atoms with van der Waals surface area (Å²) in [5.74, 6) is -0.860. The molecule has 7 heteroatoms. The molecule has 0 amide bonds. The van der Waals surface area contributed by atoms with Gasteiger partial charge in [0.15, 0.2) is 8.38 Å². The van der Waals surface area contributed by atoms with Gasteiger partial charge in [-0.3, -0.25) is 14.6 Å². The number of rotatable bonds is 7. The average Bonchev–Trinajstić information content (AvgIpc) is 1.98. The zero-order chi connectivity index (χ0) is 11.1. The predicted molar refractivity (Wildman–Crippen MR) is 54.0 cm³/mol. The van der Waals surface area contributed by atoms with Crippen molar-refractivity contribution < 1.29 is 19.7 Å². The van der Waals surface area contributed by atoms with Crippen molar-refractivity contribution in [3.8, 4) is 0 Å². The Bertz CT molecular complexity index is 179. The van der Waals surface area contributed by atoms with Gasteiger partial charge >= 0.3 is 5.97 Å². The molecule has 84 valence electrons. The van der Waals surface area contributed by atoms with Crippen LogP contribution in [0.15, 0.2) is 0 Å². The highest BCUT2D eigenvalue weighted by Gasteiger charge is 2.07. The van der Waals surface area contributed by atoms with Gasteiger partial charge in [0.25, 0.3) is 0 Å². The first-order chi connectivity index (χ1) is 6.41.